The number of para-hydroxylation sites is 2. The molecule has 1 N–H and O–H groups in total. The molecule has 0 saturated carbocycles. The third-order valence-electron chi connectivity index (χ3n) is 4.76. The van der Waals surface area contributed by atoms with E-state index in [9.17, 15) is 4.79 Å². The second-order valence-electron chi connectivity index (χ2n) is 6.78. The van der Waals surface area contributed by atoms with Crippen molar-refractivity contribution < 1.29 is 23.7 Å². The molecule has 1 aliphatic rings. The van der Waals surface area contributed by atoms with Crippen LogP contribution >= 0.6 is 0 Å². The van der Waals surface area contributed by atoms with Crippen LogP contribution in [0.5, 0.6) is 17.2 Å². The maximum Gasteiger partial charge on any atom is 0.258 e. The molecule has 7 heteroatoms. The maximum atomic E-state index is 12.2. The van der Waals surface area contributed by atoms with Gasteiger partial charge >= 0.3 is 0 Å². The van der Waals surface area contributed by atoms with E-state index in [4.69, 9.17) is 18.9 Å². The van der Waals surface area contributed by atoms with E-state index in [1.807, 2.05) is 54.7 Å². The minimum atomic E-state index is -0.230. The lowest BCUT2D eigenvalue weighted by molar-refractivity contribution is -0.123. The molecular weight excluding hydrogens is 372 g/mol. The highest BCUT2D eigenvalue weighted by Gasteiger charge is 2.21. The molecule has 1 aromatic heterocycles. The number of benzene rings is 2. The largest absolute Gasteiger partial charge is 0.486 e. The molecule has 0 fully saturated rings. The summed E-state index contributed by atoms with van der Waals surface area (Å²) < 4.78 is 24.5. The molecule has 1 amide bonds. The average molecular weight is 396 g/mol. The molecule has 0 spiro atoms. The first-order valence-electron chi connectivity index (χ1n) is 9.59. The van der Waals surface area contributed by atoms with E-state index in [0.29, 0.717) is 31.3 Å². The maximum absolute atomic E-state index is 12.2. The third kappa shape index (κ3) is 4.46. The first kappa shape index (κ1) is 19.1. The third-order valence-corrected chi connectivity index (χ3v) is 4.76. The number of aromatic nitrogens is 1. The fraction of sp³-hybridized carbons (Fsp3) is 0.318. The Balaban J connectivity index is 1.29. The van der Waals surface area contributed by atoms with Crippen LogP contribution in [-0.4, -0.2) is 50.1 Å². The smallest absolute Gasteiger partial charge is 0.258 e. The van der Waals surface area contributed by atoms with E-state index < -0.39 is 0 Å². The monoisotopic (exact) mass is 396 g/mol. The molecule has 2 aromatic carbocycles. The summed E-state index contributed by atoms with van der Waals surface area (Å²) in [5.74, 6) is 1.89. The summed E-state index contributed by atoms with van der Waals surface area (Å²) in [5.41, 5.74) is 1.05. The summed E-state index contributed by atoms with van der Waals surface area (Å²) >= 11 is 0. The zero-order valence-electron chi connectivity index (χ0n) is 16.3. The predicted molar refractivity (Wildman–Crippen MR) is 109 cm³/mol. The van der Waals surface area contributed by atoms with Crippen molar-refractivity contribution in [3.8, 4) is 17.2 Å². The molecule has 0 radical (unpaired) electrons. The van der Waals surface area contributed by atoms with Crippen LogP contribution in [0, 0.1) is 0 Å². The Labute approximate surface area is 169 Å². The summed E-state index contributed by atoms with van der Waals surface area (Å²) in [6.45, 7) is 2.08. The van der Waals surface area contributed by atoms with E-state index in [2.05, 4.69) is 9.88 Å². The number of carbonyl (C=O) groups is 1. The Kier molecular flexibility index (Phi) is 5.86. The van der Waals surface area contributed by atoms with Crippen LogP contribution < -0.4 is 19.5 Å². The Morgan fingerprint density at radius 3 is 2.90 bits per heavy atom. The minimum Gasteiger partial charge on any atom is -0.486 e. The lowest BCUT2D eigenvalue weighted by atomic mass is 10.2. The van der Waals surface area contributed by atoms with Gasteiger partial charge < -0.3 is 28.8 Å². The van der Waals surface area contributed by atoms with Crippen molar-refractivity contribution in [2.24, 2.45) is 0 Å². The van der Waals surface area contributed by atoms with Gasteiger partial charge in [0.15, 0.2) is 18.1 Å². The molecule has 0 aliphatic carbocycles. The van der Waals surface area contributed by atoms with Crippen LogP contribution in [0.2, 0.25) is 0 Å². The molecule has 7 nitrogen and oxygen atoms in total. The molecule has 1 atom stereocenters. The fourth-order valence-corrected chi connectivity index (χ4v) is 3.29. The summed E-state index contributed by atoms with van der Waals surface area (Å²) in [5, 5.41) is 3.81. The minimum absolute atomic E-state index is 0.0630. The molecule has 2 heterocycles. The number of hydrogen-bond donors (Lipinski definition) is 1. The topological polar surface area (TPSA) is 71.0 Å². The van der Waals surface area contributed by atoms with Gasteiger partial charge in [-0.05, 0) is 30.3 Å². The number of rotatable bonds is 8. The molecule has 0 bridgehead atoms. The van der Waals surface area contributed by atoms with E-state index in [-0.39, 0.29) is 18.6 Å². The van der Waals surface area contributed by atoms with Crippen molar-refractivity contribution in [2.45, 2.75) is 12.6 Å². The van der Waals surface area contributed by atoms with E-state index in [1.165, 1.54) is 0 Å². The van der Waals surface area contributed by atoms with Crippen molar-refractivity contribution in [2.75, 3.05) is 33.5 Å². The number of nitrogens with one attached hydrogen (secondary N) is 1. The van der Waals surface area contributed by atoms with Gasteiger partial charge in [-0.25, -0.2) is 0 Å². The zero-order chi connectivity index (χ0) is 20.1. The number of hydrogen-bond acceptors (Lipinski definition) is 5. The van der Waals surface area contributed by atoms with Crippen molar-refractivity contribution in [1.82, 2.24) is 9.88 Å². The van der Waals surface area contributed by atoms with Crippen molar-refractivity contribution in [3.63, 3.8) is 0 Å². The molecule has 3 aromatic rings. The fourth-order valence-electron chi connectivity index (χ4n) is 3.29. The average Bonchev–Trinajstić information content (AvgIpc) is 3.18. The van der Waals surface area contributed by atoms with Gasteiger partial charge in [-0.1, -0.05) is 18.2 Å². The van der Waals surface area contributed by atoms with Crippen LogP contribution in [0.3, 0.4) is 0 Å². The van der Waals surface area contributed by atoms with Crippen molar-refractivity contribution in [3.05, 3.63) is 54.7 Å². The number of amides is 1. The molecule has 4 rings (SSSR count). The molecule has 1 aliphatic heterocycles. The number of carbonyl (C=O) groups excluding carboxylic acids is 1. The van der Waals surface area contributed by atoms with E-state index in [1.54, 1.807) is 7.11 Å². The molecular formula is C22H24N2O5. The normalized spacial score (nSPS) is 15.3. The summed E-state index contributed by atoms with van der Waals surface area (Å²) in [4.78, 5) is 12.2. The number of fused-ring (bicyclic) bond motifs is 2. The van der Waals surface area contributed by atoms with Crippen LogP contribution in [0.1, 0.15) is 0 Å². The Morgan fingerprint density at radius 1 is 1.17 bits per heavy atom. The highest BCUT2D eigenvalue weighted by molar-refractivity contribution is 5.87. The first-order chi connectivity index (χ1) is 14.2. The van der Waals surface area contributed by atoms with Gasteiger partial charge in [0.2, 0.25) is 0 Å². The molecule has 0 unspecified atom stereocenters. The standard InChI is InChI=1S/C22H24N2O5/c1-26-12-11-24-10-9-17-18(24)5-4-8-19(17)28-15-22(25)23-13-16-14-27-20-6-2-3-7-21(20)29-16/h2-10,16H,11-15H2,1H3,(H,23,25)/t16-/m0/s1. The summed E-state index contributed by atoms with van der Waals surface area (Å²) in [6.07, 6.45) is 1.77. The van der Waals surface area contributed by atoms with Gasteiger partial charge in [0.25, 0.3) is 5.91 Å². The van der Waals surface area contributed by atoms with Crippen LogP contribution in [0.15, 0.2) is 54.7 Å². The second-order valence-corrected chi connectivity index (χ2v) is 6.78. The van der Waals surface area contributed by atoms with Crippen molar-refractivity contribution >= 4 is 16.8 Å². The van der Waals surface area contributed by atoms with Crippen LogP contribution in [0.25, 0.3) is 10.9 Å². The highest BCUT2D eigenvalue weighted by Crippen LogP contribution is 2.30. The van der Waals surface area contributed by atoms with Gasteiger partial charge in [-0.2, -0.15) is 0 Å². The number of ether oxygens (including phenoxy) is 4. The lowest BCUT2D eigenvalue weighted by Gasteiger charge is -2.26. The molecule has 0 saturated heterocycles. The van der Waals surface area contributed by atoms with Gasteiger partial charge in [0, 0.05) is 25.2 Å². The molecule has 152 valence electrons. The Morgan fingerprint density at radius 2 is 2.03 bits per heavy atom. The molecule has 29 heavy (non-hydrogen) atoms. The van der Waals surface area contributed by atoms with Gasteiger partial charge in [-0.15, -0.1) is 0 Å². The van der Waals surface area contributed by atoms with Crippen molar-refractivity contribution in [1.29, 1.82) is 0 Å². The summed E-state index contributed by atoms with van der Waals surface area (Å²) in [6, 6.07) is 15.3. The zero-order valence-corrected chi connectivity index (χ0v) is 16.3. The first-order valence-corrected chi connectivity index (χ1v) is 9.59. The van der Waals surface area contributed by atoms with Gasteiger partial charge in [0.05, 0.1) is 18.7 Å². The van der Waals surface area contributed by atoms with E-state index in [0.717, 1.165) is 23.2 Å². The number of nitrogens with zero attached hydrogens (tertiary/aromatic N) is 1. The lowest BCUT2D eigenvalue weighted by Crippen LogP contribution is -2.42. The highest BCUT2D eigenvalue weighted by atomic mass is 16.6. The second kappa shape index (κ2) is 8.87. The SMILES string of the molecule is COCCn1ccc2c(OCC(=O)NC[C@H]3COc4ccccc4O3)cccc21. The quantitative estimate of drug-likeness (QED) is 0.634. The van der Waals surface area contributed by atoms with Crippen LogP contribution in [-0.2, 0) is 16.1 Å². The van der Waals surface area contributed by atoms with Gasteiger partial charge in [0.1, 0.15) is 18.5 Å². The number of methoxy groups -OCH3 is 1. The Hall–Kier alpha value is -3.19. The Bertz CT molecular complexity index is 984. The van der Waals surface area contributed by atoms with E-state index >= 15 is 0 Å². The van der Waals surface area contributed by atoms with Gasteiger partial charge in [-0.3, -0.25) is 4.79 Å². The van der Waals surface area contributed by atoms with Crippen LogP contribution in [0.4, 0.5) is 0 Å². The predicted octanol–water partition coefficient (Wildman–Crippen LogP) is 2.62. The summed E-state index contributed by atoms with van der Waals surface area (Å²) in [7, 11) is 1.68.